The minimum Gasteiger partial charge on any atom is -0.493 e. The lowest BCUT2D eigenvalue weighted by Gasteiger charge is -2.38. The van der Waals surface area contributed by atoms with Gasteiger partial charge in [-0.05, 0) is 23.8 Å². The number of hydrogen-bond acceptors (Lipinski definition) is 6. The van der Waals surface area contributed by atoms with E-state index in [4.69, 9.17) is 19.5 Å². The first-order valence-electron chi connectivity index (χ1n) is 8.14. The molecule has 2 heterocycles. The van der Waals surface area contributed by atoms with Crippen molar-refractivity contribution in [1.82, 2.24) is 9.88 Å². The van der Waals surface area contributed by atoms with Gasteiger partial charge in [-0.1, -0.05) is 6.07 Å². The molecule has 134 valence electrons. The molecule has 7 nitrogen and oxygen atoms in total. The van der Waals surface area contributed by atoms with Gasteiger partial charge in [0.05, 0.1) is 45.4 Å². The summed E-state index contributed by atoms with van der Waals surface area (Å²) in [5.41, 5.74) is 1.36. The smallest absolute Gasteiger partial charge is 0.227 e. The van der Waals surface area contributed by atoms with Gasteiger partial charge in [-0.2, -0.15) is 5.26 Å². The molecule has 26 heavy (non-hydrogen) atoms. The minimum absolute atomic E-state index is 0.0239. The lowest BCUT2D eigenvalue weighted by atomic mass is 10.1. The molecule has 1 aromatic heterocycles. The largest absolute Gasteiger partial charge is 0.493 e. The monoisotopic (exact) mass is 353 g/mol. The van der Waals surface area contributed by atoms with E-state index in [0.29, 0.717) is 36.0 Å². The number of rotatable bonds is 6. The maximum absolute atomic E-state index is 12.4. The molecule has 1 fully saturated rings. The molecule has 2 aromatic rings. The summed E-state index contributed by atoms with van der Waals surface area (Å²) < 4.78 is 16.2. The fourth-order valence-corrected chi connectivity index (χ4v) is 2.71. The molecule has 0 N–H and O–H groups in total. The summed E-state index contributed by atoms with van der Waals surface area (Å²) in [4.78, 5) is 18.2. The molecule has 1 aliphatic heterocycles. The van der Waals surface area contributed by atoms with Crippen molar-refractivity contribution in [3.63, 3.8) is 0 Å². The predicted molar refractivity (Wildman–Crippen MR) is 93.2 cm³/mol. The van der Waals surface area contributed by atoms with Crippen LogP contribution < -0.4 is 14.2 Å². The van der Waals surface area contributed by atoms with Crippen LogP contribution in [0.2, 0.25) is 0 Å². The highest BCUT2D eigenvalue weighted by atomic mass is 16.5. The molecule has 0 atom stereocenters. The number of hydrogen-bond donors (Lipinski definition) is 0. The molecule has 0 bridgehead atoms. The number of aromatic nitrogens is 1. The van der Waals surface area contributed by atoms with Crippen LogP contribution in [0.1, 0.15) is 11.1 Å². The normalized spacial score (nSPS) is 13.5. The Hall–Kier alpha value is -3.27. The van der Waals surface area contributed by atoms with Gasteiger partial charge in [0, 0.05) is 12.3 Å². The van der Waals surface area contributed by atoms with Crippen molar-refractivity contribution < 1.29 is 19.0 Å². The zero-order valence-corrected chi connectivity index (χ0v) is 14.6. The standard InChI is InChI=1S/C19H19N3O4/c1-24-16-4-3-13(7-17(16)25-2)9-19(23)22-11-15(12-22)26-18-8-14(10-20)5-6-21-18/h3-8,15H,9,11-12H2,1-2H3. The summed E-state index contributed by atoms with van der Waals surface area (Å²) in [6.45, 7) is 1.01. The Kier molecular flexibility index (Phi) is 5.23. The Balaban J connectivity index is 1.53. The molecule has 0 unspecified atom stereocenters. The quantitative estimate of drug-likeness (QED) is 0.787. The van der Waals surface area contributed by atoms with Crippen molar-refractivity contribution in [2.45, 2.75) is 12.5 Å². The van der Waals surface area contributed by atoms with Crippen LogP contribution >= 0.6 is 0 Å². The average Bonchev–Trinajstić information content (AvgIpc) is 2.64. The summed E-state index contributed by atoms with van der Waals surface area (Å²) in [6, 6.07) is 10.7. The third-order valence-electron chi connectivity index (χ3n) is 4.16. The number of amides is 1. The summed E-state index contributed by atoms with van der Waals surface area (Å²) >= 11 is 0. The molecule has 0 aliphatic carbocycles. The van der Waals surface area contributed by atoms with Crippen molar-refractivity contribution >= 4 is 5.91 Å². The first-order chi connectivity index (χ1) is 12.6. The number of nitrogens with zero attached hydrogens (tertiary/aromatic N) is 3. The number of pyridine rings is 1. The van der Waals surface area contributed by atoms with E-state index >= 15 is 0 Å². The second-order valence-electron chi connectivity index (χ2n) is 5.90. The highest BCUT2D eigenvalue weighted by Crippen LogP contribution is 2.28. The van der Waals surface area contributed by atoms with Crippen LogP contribution in [-0.4, -0.2) is 49.2 Å². The van der Waals surface area contributed by atoms with Crippen LogP contribution in [0.5, 0.6) is 17.4 Å². The van der Waals surface area contributed by atoms with E-state index in [1.807, 2.05) is 18.2 Å². The molecule has 0 spiro atoms. The zero-order valence-electron chi connectivity index (χ0n) is 14.6. The summed E-state index contributed by atoms with van der Waals surface area (Å²) in [5, 5.41) is 8.89. The van der Waals surface area contributed by atoms with Gasteiger partial charge in [-0.3, -0.25) is 4.79 Å². The van der Waals surface area contributed by atoms with Crippen LogP contribution in [-0.2, 0) is 11.2 Å². The van der Waals surface area contributed by atoms with E-state index in [2.05, 4.69) is 4.98 Å². The third-order valence-corrected chi connectivity index (χ3v) is 4.16. The Bertz CT molecular complexity index is 841. The van der Waals surface area contributed by atoms with Gasteiger partial charge in [-0.15, -0.1) is 0 Å². The third kappa shape index (κ3) is 3.86. The summed E-state index contributed by atoms with van der Waals surface area (Å²) in [6.07, 6.45) is 1.72. The first-order valence-corrected chi connectivity index (χ1v) is 8.14. The maximum atomic E-state index is 12.4. The first kappa shape index (κ1) is 17.5. The van der Waals surface area contributed by atoms with E-state index in [1.165, 1.54) is 6.20 Å². The highest BCUT2D eigenvalue weighted by Gasteiger charge is 2.32. The van der Waals surface area contributed by atoms with Crippen LogP contribution in [0, 0.1) is 11.3 Å². The lowest BCUT2D eigenvalue weighted by molar-refractivity contribution is -0.139. The minimum atomic E-state index is -0.106. The molecule has 7 heteroatoms. The Morgan fingerprint density at radius 1 is 1.23 bits per heavy atom. The molecule has 1 aromatic carbocycles. The van der Waals surface area contributed by atoms with Gasteiger partial charge in [-0.25, -0.2) is 4.98 Å². The molecule has 0 saturated carbocycles. The van der Waals surface area contributed by atoms with Crippen molar-refractivity contribution in [2.24, 2.45) is 0 Å². The number of carbonyl (C=O) groups is 1. The lowest BCUT2D eigenvalue weighted by Crippen LogP contribution is -2.56. The molecule has 3 rings (SSSR count). The van der Waals surface area contributed by atoms with Gasteiger partial charge in [0.1, 0.15) is 6.10 Å². The average molecular weight is 353 g/mol. The van der Waals surface area contributed by atoms with Gasteiger partial charge in [0.15, 0.2) is 11.5 Å². The topological polar surface area (TPSA) is 84.7 Å². The van der Waals surface area contributed by atoms with Crippen LogP contribution in [0.25, 0.3) is 0 Å². The molecular weight excluding hydrogens is 334 g/mol. The van der Waals surface area contributed by atoms with E-state index in [9.17, 15) is 4.79 Å². The Morgan fingerprint density at radius 2 is 2.00 bits per heavy atom. The Morgan fingerprint density at radius 3 is 2.69 bits per heavy atom. The number of ether oxygens (including phenoxy) is 3. The predicted octanol–water partition coefficient (Wildman–Crippen LogP) is 1.80. The van der Waals surface area contributed by atoms with Gasteiger partial charge in [0.25, 0.3) is 0 Å². The molecule has 0 radical (unpaired) electrons. The number of methoxy groups -OCH3 is 2. The van der Waals surface area contributed by atoms with Gasteiger partial charge in [0.2, 0.25) is 11.8 Å². The van der Waals surface area contributed by atoms with Crippen molar-refractivity contribution in [3.8, 4) is 23.4 Å². The van der Waals surface area contributed by atoms with Gasteiger partial charge < -0.3 is 19.1 Å². The van der Waals surface area contributed by atoms with Crippen molar-refractivity contribution in [1.29, 1.82) is 5.26 Å². The molecule has 1 amide bonds. The van der Waals surface area contributed by atoms with Crippen LogP contribution in [0.4, 0.5) is 0 Å². The molecule has 1 aliphatic rings. The van der Waals surface area contributed by atoms with E-state index in [1.54, 1.807) is 37.3 Å². The summed E-state index contributed by atoms with van der Waals surface area (Å²) in [7, 11) is 3.14. The SMILES string of the molecule is COc1ccc(CC(=O)N2CC(Oc3cc(C#N)ccn3)C2)cc1OC. The molecular formula is C19H19N3O4. The highest BCUT2D eigenvalue weighted by molar-refractivity contribution is 5.80. The van der Waals surface area contributed by atoms with Crippen LogP contribution in [0.3, 0.4) is 0 Å². The number of benzene rings is 1. The molecule has 1 saturated heterocycles. The van der Waals surface area contributed by atoms with Crippen molar-refractivity contribution in [3.05, 3.63) is 47.7 Å². The van der Waals surface area contributed by atoms with E-state index < -0.39 is 0 Å². The number of carbonyl (C=O) groups excluding carboxylic acids is 1. The summed E-state index contributed by atoms with van der Waals surface area (Å²) in [5.74, 6) is 1.66. The fourth-order valence-electron chi connectivity index (χ4n) is 2.71. The van der Waals surface area contributed by atoms with E-state index in [-0.39, 0.29) is 18.4 Å². The number of likely N-dealkylation sites (tertiary alicyclic amines) is 1. The zero-order chi connectivity index (χ0) is 18.5. The van der Waals surface area contributed by atoms with E-state index in [0.717, 1.165) is 5.56 Å². The van der Waals surface area contributed by atoms with Crippen molar-refractivity contribution in [2.75, 3.05) is 27.3 Å². The number of nitriles is 1. The second-order valence-corrected chi connectivity index (χ2v) is 5.90. The van der Waals surface area contributed by atoms with Gasteiger partial charge >= 0.3 is 0 Å². The Labute approximate surface area is 151 Å². The second kappa shape index (κ2) is 7.74. The van der Waals surface area contributed by atoms with Crippen LogP contribution in [0.15, 0.2) is 36.5 Å². The fraction of sp³-hybridized carbons (Fsp3) is 0.316. The maximum Gasteiger partial charge on any atom is 0.227 e.